The second-order valence-electron chi connectivity index (χ2n) is 7.80. The lowest BCUT2D eigenvalue weighted by Gasteiger charge is -2.38. The van der Waals surface area contributed by atoms with Crippen molar-refractivity contribution in [1.82, 2.24) is 10.2 Å². The molecule has 0 aromatic carbocycles. The molecule has 0 radical (unpaired) electrons. The fourth-order valence-corrected chi connectivity index (χ4v) is 4.85. The Hall–Kier alpha value is -0.120. The van der Waals surface area contributed by atoms with Gasteiger partial charge in [0.25, 0.3) is 0 Å². The average molecular weight is 309 g/mol. The Morgan fingerprint density at radius 2 is 1.64 bits per heavy atom. The molecule has 1 aliphatic heterocycles. The molecule has 0 amide bonds. The molecule has 0 unspecified atom stereocenters. The van der Waals surface area contributed by atoms with E-state index in [2.05, 4.69) is 17.1 Å². The van der Waals surface area contributed by atoms with E-state index in [4.69, 9.17) is 4.74 Å². The number of nitrogens with zero attached hydrogens (tertiary/aromatic N) is 1. The van der Waals surface area contributed by atoms with E-state index in [0.717, 1.165) is 37.3 Å². The van der Waals surface area contributed by atoms with Gasteiger partial charge in [-0.3, -0.25) is 0 Å². The molecule has 3 fully saturated rings. The summed E-state index contributed by atoms with van der Waals surface area (Å²) in [7, 11) is 0. The third-order valence-corrected chi connectivity index (χ3v) is 6.19. The lowest BCUT2D eigenvalue weighted by molar-refractivity contribution is 0.101. The van der Waals surface area contributed by atoms with Crippen LogP contribution in [0.3, 0.4) is 0 Å². The summed E-state index contributed by atoms with van der Waals surface area (Å²) in [5, 5.41) is 3.96. The van der Waals surface area contributed by atoms with Gasteiger partial charge < -0.3 is 15.0 Å². The van der Waals surface area contributed by atoms with Crippen molar-refractivity contribution in [3.05, 3.63) is 0 Å². The highest BCUT2D eigenvalue weighted by Gasteiger charge is 2.32. The van der Waals surface area contributed by atoms with Gasteiger partial charge in [0.1, 0.15) is 0 Å². The van der Waals surface area contributed by atoms with E-state index in [1.165, 1.54) is 77.3 Å². The maximum atomic E-state index is 5.63. The molecule has 2 atom stereocenters. The van der Waals surface area contributed by atoms with Crippen LogP contribution in [0, 0.1) is 5.92 Å². The predicted octanol–water partition coefficient (Wildman–Crippen LogP) is 3.58. The van der Waals surface area contributed by atoms with Crippen LogP contribution in [0.15, 0.2) is 0 Å². The first-order chi connectivity index (χ1) is 10.8. The quantitative estimate of drug-likeness (QED) is 0.812. The van der Waals surface area contributed by atoms with Gasteiger partial charge in [-0.1, -0.05) is 19.3 Å². The highest BCUT2D eigenvalue weighted by atomic mass is 16.5. The molecule has 1 N–H and O–H groups in total. The summed E-state index contributed by atoms with van der Waals surface area (Å²) in [6, 6.07) is 2.47. The number of hydrogen-bond donors (Lipinski definition) is 1. The Morgan fingerprint density at radius 1 is 0.909 bits per heavy atom. The first-order valence-corrected chi connectivity index (χ1v) is 9.93. The summed E-state index contributed by atoms with van der Waals surface area (Å²) in [6.07, 6.45) is 14.1. The van der Waals surface area contributed by atoms with Crippen LogP contribution in [0.1, 0.15) is 71.1 Å². The SMILES string of the molecule is CCOC[C@H]1CC[C@@H](N2CCC(NC3CCCCC3)CC2)C1. The predicted molar refractivity (Wildman–Crippen MR) is 92.2 cm³/mol. The minimum Gasteiger partial charge on any atom is -0.381 e. The van der Waals surface area contributed by atoms with Gasteiger partial charge in [0.15, 0.2) is 0 Å². The fraction of sp³-hybridized carbons (Fsp3) is 1.00. The van der Waals surface area contributed by atoms with Gasteiger partial charge in [0.05, 0.1) is 0 Å². The van der Waals surface area contributed by atoms with E-state index in [0.29, 0.717) is 0 Å². The molecule has 128 valence electrons. The second-order valence-corrected chi connectivity index (χ2v) is 7.80. The summed E-state index contributed by atoms with van der Waals surface area (Å²) in [4.78, 5) is 2.78. The van der Waals surface area contributed by atoms with Crippen LogP contribution in [0.5, 0.6) is 0 Å². The summed E-state index contributed by atoms with van der Waals surface area (Å²) in [6.45, 7) is 6.61. The van der Waals surface area contributed by atoms with Gasteiger partial charge in [-0.25, -0.2) is 0 Å². The van der Waals surface area contributed by atoms with Gasteiger partial charge in [-0.2, -0.15) is 0 Å². The van der Waals surface area contributed by atoms with Crippen molar-refractivity contribution < 1.29 is 4.74 Å². The van der Waals surface area contributed by atoms with Crippen LogP contribution in [0.4, 0.5) is 0 Å². The maximum Gasteiger partial charge on any atom is 0.0494 e. The molecule has 3 heteroatoms. The number of piperidine rings is 1. The highest BCUT2D eigenvalue weighted by Crippen LogP contribution is 2.31. The van der Waals surface area contributed by atoms with Crippen molar-refractivity contribution in [2.24, 2.45) is 5.92 Å². The molecule has 2 saturated carbocycles. The van der Waals surface area contributed by atoms with Gasteiger partial charge in [0.2, 0.25) is 0 Å². The van der Waals surface area contributed by atoms with Crippen LogP contribution in [0.2, 0.25) is 0 Å². The van der Waals surface area contributed by atoms with E-state index in [-0.39, 0.29) is 0 Å². The zero-order valence-corrected chi connectivity index (χ0v) is 14.6. The topological polar surface area (TPSA) is 24.5 Å². The summed E-state index contributed by atoms with van der Waals surface area (Å²) >= 11 is 0. The van der Waals surface area contributed by atoms with Crippen molar-refractivity contribution in [2.45, 2.75) is 89.3 Å². The molecular weight excluding hydrogens is 272 g/mol. The highest BCUT2D eigenvalue weighted by molar-refractivity contribution is 4.88. The van der Waals surface area contributed by atoms with E-state index in [9.17, 15) is 0 Å². The Balaban J connectivity index is 1.35. The van der Waals surface area contributed by atoms with E-state index < -0.39 is 0 Å². The van der Waals surface area contributed by atoms with E-state index in [1.807, 2.05) is 0 Å². The molecule has 0 aromatic rings. The van der Waals surface area contributed by atoms with Crippen LogP contribution < -0.4 is 5.32 Å². The average Bonchev–Trinajstić information content (AvgIpc) is 3.03. The second kappa shape index (κ2) is 8.65. The zero-order chi connectivity index (χ0) is 15.2. The molecule has 1 saturated heterocycles. The fourth-order valence-electron chi connectivity index (χ4n) is 4.85. The third-order valence-electron chi connectivity index (χ3n) is 6.19. The maximum absolute atomic E-state index is 5.63. The van der Waals surface area contributed by atoms with Gasteiger partial charge in [-0.05, 0) is 70.9 Å². The van der Waals surface area contributed by atoms with Crippen molar-refractivity contribution in [3.63, 3.8) is 0 Å². The standard InChI is InChI=1S/C19H36N2O/c1-2-22-15-16-8-9-19(14-16)21-12-10-18(11-13-21)20-17-6-4-3-5-7-17/h16-20H,2-15H2,1H3/t16-,19+/m0/s1. The number of hydrogen-bond acceptors (Lipinski definition) is 3. The van der Waals surface area contributed by atoms with Crippen LogP contribution in [-0.2, 0) is 4.74 Å². The molecule has 3 aliphatic rings. The molecule has 1 heterocycles. The van der Waals surface area contributed by atoms with E-state index >= 15 is 0 Å². The Bertz CT molecular complexity index is 309. The lowest BCUT2D eigenvalue weighted by atomic mass is 9.93. The molecule has 22 heavy (non-hydrogen) atoms. The molecule has 0 aromatic heterocycles. The van der Waals surface area contributed by atoms with Crippen molar-refractivity contribution in [3.8, 4) is 0 Å². The summed E-state index contributed by atoms with van der Waals surface area (Å²) in [5.41, 5.74) is 0. The summed E-state index contributed by atoms with van der Waals surface area (Å²) < 4.78 is 5.63. The summed E-state index contributed by atoms with van der Waals surface area (Å²) in [5.74, 6) is 0.822. The van der Waals surface area contributed by atoms with Gasteiger partial charge >= 0.3 is 0 Å². The Morgan fingerprint density at radius 3 is 2.36 bits per heavy atom. The normalized spacial score (nSPS) is 32.6. The first kappa shape index (κ1) is 16.7. The van der Waals surface area contributed by atoms with E-state index in [1.54, 1.807) is 0 Å². The van der Waals surface area contributed by atoms with Crippen molar-refractivity contribution in [2.75, 3.05) is 26.3 Å². The van der Waals surface area contributed by atoms with Crippen molar-refractivity contribution >= 4 is 0 Å². The smallest absolute Gasteiger partial charge is 0.0494 e. The van der Waals surface area contributed by atoms with Gasteiger partial charge in [0, 0.05) is 31.3 Å². The molecule has 3 rings (SSSR count). The minimum atomic E-state index is 0.792. The Kier molecular flexibility index (Phi) is 6.58. The number of likely N-dealkylation sites (tertiary alicyclic amines) is 1. The van der Waals surface area contributed by atoms with Gasteiger partial charge in [-0.15, -0.1) is 0 Å². The molecule has 3 nitrogen and oxygen atoms in total. The third kappa shape index (κ3) is 4.69. The lowest BCUT2D eigenvalue weighted by Crippen LogP contribution is -2.48. The largest absolute Gasteiger partial charge is 0.381 e. The number of rotatable bonds is 6. The molecule has 0 bridgehead atoms. The molecular formula is C19H36N2O. The Labute approximate surface area is 137 Å². The monoisotopic (exact) mass is 308 g/mol. The van der Waals surface area contributed by atoms with Crippen molar-refractivity contribution in [1.29, 1.82) is 0 Å². The number of ether oxygens (including phenoxy) is 1. The number of nitrogens with one attached hydrogen (secondary N) is 1. The zero-order valence-electron chi connectivity index (χ0n) is 14.6. The molecule has 2 aliphatic carbocycles. The minimum absolute atomic E-state index is 0.792. The molecule has 0 spiro atoms. The van der Waals surface area contributed by atoms with Crippen LogP contribution in [-0.4, -0.2) is 49.3 Å². The first-order valence-electron chi connectivity index (χ1n) is 9.93. The van der Waals surface area contributed by atoms with Crippen LogP contribution in [0.25, 0.3) is 0 Å². The van der Waals surface area contributed by atoms with Crippen LogP contribution >= 0.6 is 0 Å².